The van der Waals surface area contributed by atoms with Crippen molar-refractivity contribution in [2.45, 2.75) is 12.8 Å². The van der Waals surface area contributed by atoms with E-state index in [1.165, 1.54) is 0 Å². The van der Waals surface area contributed by atoms with Crippen molar-refractivity contribution < 1.29 is 14.3 Å². The van der Waals surface area contributed by atoms with E-state index in [2.05, 4.69) is 4.98 Å². The van der Waals surface area contributed by atoms with Gasteiger partial charge >= 0.3 is 0 Å². The van der Waals surface area contributed by atoms with E-state index >= 15 is 0 Å². The molecule has 130 valence electrons. The lowest BCUT2D eigenvalue weighted by Gasteiger charge is -2.35. The Kier molecular flexibility index (Phi) is 4.17. The minimum Gasteiger partial charge on any atom is -0.493 e. The van der Waals surface area contributed by atoms with Crippen LogP contribution in [0.4, 0.5) is 0 Å². The molecular weight excluding hydrogens is 318 g/mol. The molecule has 1 N–H and O–H groups in total. The molecule has 6 nitrogen and oxygen atoms in total. The van der Waals surface area contributed by atoms with Gasteiger partial charge in [0, 0.05) is 50.1 Å². The average molecular weight is 339 g/mol. The first-order valence-corrected chi connectivity index (χ1v) is 8.66. The Balaban J connectivity index is 1.35. The van der Waals surface area contributed by atoms with Crippen molar-refractivity contribution in [2.75, 3.05) is 32.8 Å². The predicted molar refractivity (Wildman–Crippen MR) is 92.6 cm³/mol. The first-order chi connectivity index (χ1) is 12.2. The van der Waals surface area contributed by atoms with Gasteiger partial charge in [-0.2, -0.15) is 0 Å². The zero-order valence-corrected chi connectivity index (χ0v) is 14.0. The van der Waals surface area contributed by atoms with Gasteiger partial charge < -0.3 is 19.5 Å². The summed E-state index contributed by atoms with van der Waals surface area (Å²) in [6.07, 6.45) is 3.06. The smallest absolute Gasteiger partial charge is 0.253 e. The molecule has 3 heterocycles. The lowest BCUT2D eigenvalue weighted by Crippen LogP contribution is -2.51. The molecule has 1 aromatic carbocycles. The summed E-state index contributed by atoms with van der Waals surface area (Å²) >= 11 is 0. The summed E-state index contributed by atoms with van der Waals surface area (Å²) in [5.74, 6) is 1.02. The standard InChI is InChI=1S/C19H21N3O3/c23-18(13-16-2-1-6-20-16)21-7-9-22(10-8-21)19(24)15-3-4-17-14(12-15)5-11-25-17/h1-4,6,12,20H,5,7-11,13H2. The van der Waals surface area contributed by atoms with E-state index in [0.29, 0.717) is 44.8 Å². The van der Waals surface area contributed by atoms with Gasteiger partial charge in [-0.25, -0.2) is 0 Å². The number of amides is 2. The summed E-state index contributed by atoms with van der Waals surface area (Å²) in [6.45, 7) is 3.00. The number of hydrogen-bond acceptors (Lipinski definition) is 3. The van der Waals surface area contributed by atoms with Crippen LogP contribution in [0.1, 0.15) is 21.6 Å². The van der Waals surface area contributed by atoms with Gasteiger partial charge in [0.05, 0.1) is 13.0 Å². The van der Waals surface area contributed by atoms with Crippen molar-refractivity contribution in [1.82, 2.24) is 14.8 Å². The van der Waals surface area contributed by atoms with E-state index in [9.17, 15) is 9.59 Å². The number of rotatable bonds is 3. The predicted octanol–water partition coefficient (Wildman–Crippen LogP) is 1.48. The maximum absolute atomic E-state index is 12.7. The second-order valence-corrected chi connectivity index (χ2v) is 6.47. The Morgan fingerprint density at radius 2 is 1.88 bits per heavy atom. The van der Waals surface area contributed by atoms with E-state index in [1.807, 2.05) is 46.3 Å². The first-order valence-electron chi connectivity index (χ1n) is 8.66. The Bertz CT molecular complexity index is 777. The maximum atomic E-state index is 12.7. The molecule has 1 saturated heterocycles. The molecule has 1 fully saturated rings. The van der Waals surface area contributed by atoms with Gasteiger partial charge in [-0.05, 0) is 35.9 Å². The molecule has 0 radical (unpaired) electrons. The minimum atomic E-state index is 0.0335. The number of piperazine rings is 1. The third kappa shape index (κ3) is 3.24. The SMILES string of the molecule is O=C(Cc1ccc[nH]1)N1CCN(C(=O)c2ccc3c(c2)CCO3)CC1. The first kappa shape index (κ1) is 15.7. The molecule has 0 unspecified atom stereocenters. The van der Waals surface area contributed by atoms with Crippen molar-refractivity contribution in [3.05, 3.63) is 53.3 Å². The number of carbonyl (C=O) groups is 2. The zero-order valence-electron chi connectivity index (χ0n) is 14.0. The molecule has 0 aliphatic carbocycles. The highest BCUT2D eigenvalue weighted by molar-refractivity contribution is 5.95. The summed E-state index contributed by atoms with van der Waals surface area (Å²) in [6, 6.07) is 9.45. The Morgan fingerprint density at radius 3 is 2.64 bits per heavy atom. The van der Waals surface area contributed by atoms with Crippen LogP contribution in [0.2, 0.25) is 0 Å². The second-order valence-electron chi connectivity index (χ2n) is 6.47. The number of hydrogen-bond donors (Lipinski definition) is 1. The van der Waals surface area contributed by atoms with Gasteiger partial charge in [-0.1, -0.05) is 0 Å². The van der Waals surface area contributed by atoms with Crippen LogP contribution in [0.5, 0.6) is 5.75 Å². The van der Waals surface area contributed by atoms with Crippen LogP contribution in [0.25, 0.3) is 0 Å². The minimum absolute atomic E-state index is 0.0335. The summed E-state index contributed by atoms with van der Waals surface area (Å²) in [5, 5.41) is 0. The number of nitrogens with zero attached hydrogens (tertiary/aromatic N) is 2. The van der Waals surface area contributed by atoms with Crippen molar-refractivity contribution >= 4 is 11.8 Å². The molecule has 0 atom stereocenters. The van der Waals surface area contributed by atoms with Crippen molar-refractivity contribution in [3.63, 3.8) is 0 Å². The van der Waals surface area contributed by atoms with E-state index in [-0.39, 0.29) is 11.8 Å². The number of aromatic amines is 1. The van der Waals surface area contributed by atoms with E-state index in [0.717, 1.165) is 23.4 Å². The zero-order chi connectivity index (χ0) is 17.2. The van der Waals surface area contributed by atoms with Crippen LogP contribution in [0.15, 0.2) is 36.5 Å². The second kappa shape index (κ2) is 6.63. The molecule has 2 amide bonds. The largest absolute Gasteiger partial charge is 0.493 e. The van der Waals surface area contributed by atoms with Gasteiger partial charge in [-0.15, -0.1) is 0 Å². The number of H-pyrrole nitrogens is 1. The highest BCUT2D eigenvalue weighted by Crippen LogP contribution is 2.26. The third-order valence-electron chi connectivity index (χ3n) is 4.86. The number of fused-ring (bicyclic) bond motifs is 1. The van der Waals surface area contributed by atoms with Crippen LogP contribution in [-0.2, 0) is 17.6 Å². The fourth-order valence-electron chi connectivity index (χ4n) is 3.41. The van der Waals surface area contributed by atoms with Crippen molar-refractivity contribution in [3.8, 4) is 5.75 Å². The normalized spacial score (nSPS) is 16.5. The molecule has 0 bridgehead atoms. The molecule has 1 aromatic heterocycles. The average Bonchev–Trinajstić information content (AvgIpc) is 3.32. The summed E-state index contributed by atoms with van der Waals surface area (Å²) in [7, 11) is 0. The fraction of sp³-hybridized carbons (Fsp3) is 0.368. The highest BCUT2D eigenvalue weighted by Gasteiger charge is 2.25. The molecule has 2 aliphatic rings. The molecule has 0 saturated carbocycles. The van der Waals surface area contributed by atoms with Crippen LogP contribution in [0, 0.1) is 0 Å². The lowest BCUT2D eigenvalue weighted by molar-refractivity contribution is -0.132. The van der Waals surface area contributed by atoms with Crippen molar-refractivity contribution in [1.29, 1.82) is 0 Å². The molecule has 4 rings (SSSR count). The molecule has 2 aromatic rings. The molecular formula is C19H21N3O3. The van der Waals surface area contributed by atoms with E-state index in [4.69, 9.17) is 4.74 Å². The van der Waals surface area contributed by atoms with Crippen molar-refractivity contribution in [2.24, 2.45) is 0 Å². The van der Waals surface area contributed by atoms with Crippen LogP contribution >= 0.6 is 0 Å². The maximum Gasteiger partial charge on any atom is 0.253 e. The topological polar surface area (TPSA) is 65.6 Å². The Labute approximate surface area is 146 Å². The van der Waals surface area contributed by atoms with Gasteiger partial charge in [0.1, 0.15) is 5.75 Å². The van der Waals surface area contributed by atoms with Gasteiger partial charge in [0.25, 0.3) is 5.91 Å². The Hall–Kier alpha value is -2.76. The Morgan fingerprint density at radius 1 is 1.08 bits per heavy atom. The molecule has 6 heteroatoms. The lowest BCUT2D eigenvalue weighted by atomic mass is 10.1. The summed E-state index contributed by atoms with van der Waals surface area (Å²) in [4.78, 5) is 31.8. The van der Waals surface area contributed by atoms with E-state index in [1.54, 1.807) is 0 Å². The third-order valence-corrected chi connectivity index (χ3v) is 4.86. The highest BCUT2D eigenvalue weighted by atomic mass is 16.5. The molecule has 0 spiro atoms. The number of nitrogens with one attached hydrogen (secondary N) is 1. The van der Waals surface area contributed by atoms with Crippen LogP contribution < -0.4 is 4.74 Å². The summed E-state index contributed by atoms with van der Waals surface area (Å²) < 4.78 is 5.49. The number of aromatic nitrogens is 1. The van der Waals surface area contributed by atoms with Crippen LogP contribution in [-0.4, -0.2) is 59.4 Å². The molecule has 2 aliphatic heterocycles. The fourth-order valence-corrected chi connectivity index (χ4v) is 3.41. The monoisotopic (exact) mass is 339 g/mol. The molecule has 25 heavy (non-hydrogen) atoms. The number of ether oxygens (including phenoxy) is 1. The number of benzene rings is 1. The van der Waals surface area contributed by atoms with E-state index < -0.39 is 0 Å². The quantitative estimate of drug-likeness (QED) is 0.921. The van der Waals surface area contributed by atoms with Gasteiger partial charge in [-0.3, -0.25) is 9.59 Å². The summed E-state index contributed by atoms with van der Waals surface area (Å²) in [5.41, 5.74) is 2.73. The van der Waals surface area contributed by atoms with Crippen LogP contribution in [0.3, 0.4) is 0 Å². The van der Waals surface area contributed by atoms with Gasteiger partial charge in [0.15, 0.2) is 0 Å². The van der Waals surface area contributed by atoms with Gasteiger partial charge in [0.2, 0.25) is 5.91 Å². The number of carbonyl (C=O) groups excluding carboxylic acids is 2.